The Labute approximate surface area is 138 Å². The molecule has 0 unspecified atom stereocenters. The van der Waals surface area contributed by atoms with Crippen LogP contribution in [0, 0.1) is 6.92 Å². The predicted molar refractivity (Wildman–Crippen MR) is 84.7 cm³/mol. The van der Waals surface area contributed by atoms with Crippen LogP contribution in [-0.4, -0.2) is 31.1 Å². The van der Waals surface area contributed by atoms with E-state index in [1.54, 1.807) is 25.1 Å². The van der Waals surface area contributed by atoms with E-state index in [9.17, 15) is 14.4 Å². The summed E-state index contributed by atoms with van der Waals surface area (Å²) >= 11 is 0. The molecule has 24 heavy (non-hydrogen) atoms. The molecule has 0 radical (unpaired) electrons. The number of esters is 2. The Bertz CT molecular complexity index is 750. The van der Waals surface area contributed by atoms with Gasteiger partial charge in [-0.1, -0.05) is 6.07 Å². The zero-order chi connectivity index (χ0) is 17.7. The van der Waals surface area contributed by atoms with Gasteiger partial charge < -0.3 is 19.2 Å². The van der Waals surface area contributed by atoms with E-state index in [0.29, 0.717) is 5.69 Å². The van der Waals surface area contributed by atoms with E-state index in [4.69, 9.17) is 9.15 Å². The lowest BCUT2D eigenvalue weighted by molar-refractivity contribution is -0.149. The van der Waals surface area contributed by atoms with E-state index in [1.807, 2.05) is 0 Å². The molecule has 0 spiro atoms. The van der Waals surface area contributed by atoms with Crippen molar-refractivity contribution in [1.29, 1.82) is 0 Å². The van der Waals surface area contributed by atoms with Crippen molar-refractivity contribution >= 4 is 23.5 Å². The van der Waals surface area contributed by atoms with Crippen molar-refractivity contribution in [3.05, 3.63) is 53.5 Å². The van der Waals surface area contributed by atoms with Crippen LogP contribution in [0.2, 0.25) is 0 Å². The summed E-state index contributed by atoms with van der Waals surface area (Å²) in [6.07, 6.45) is 0.369. The minimum absolute atomic E-state index is 0.154. The maximum Gasteiger partial charge on any atom is 0.346 e. The number of methoxy groups -OCH3 is 1. The molecule has 126 valence electrons. The van der Waals surface area contributed by atoms with Crippen LogP contribution in [-0.2, 0) is 14.3 Å². The molecule has 0 saturated heterocycles. The topological polar surface area (TPSA) is 94.8 Å². The summed E-state index contributed by atoms with van der Waals surface area (Å²) in [5, 5.41) is 2.66. The van der Waals surface area contributed by atoms with Gasteiger partial charge in [0.2, 0.25) is 0 Å². The highest BCUT2D eigenvalue weighted by Crippen LogP contribution is 2.19. The van der Waals surface area contributed by atoms with E-state index in [2.05, 4.69) is 10.1 Å². The first kappa shape index (κ1) is 17.3. The second kappa shape index (κ2) is 7.45. The number of nitrogens with one attached hydrogen (secondary N) is 1. The third-order valence-corrected chi connectivity index (χ3v) is 3.28. The lowest BCUT2D eigenvalue weighted by Gasteiger charge is -2.13. The number of aryl methyl sites for hydroxylation is 1. The van der Waals surface area contributed by atoms with E-state index in [1.165, 1.54) is 32.4 Å². The van der Waals surface area contributed by atoms with Gasteiger partial charge in [-0.05, 0) is 43.7 Å². The number of carbonyl (C=O) groups is 3. The van der Waals surface area contributed by atoms with Crippen molar-refractivity contribution in [2.45, 2.75) is 20.0 Å². The van der Waals surface area contributed by atoms with E-state index in [-0.39, 0.29) is 11.3 Å². The van der Waals surface area contributed by atoms with Gasteiger partial charge in [-0.15, -0.1) is 0 Å². The summed E-state index contributed by atoms with van der Waals surface area (Å²) in [6.45, 7) is 3.20. The number of anilines is 1. The molecule has 0 aliphatic rings. The first-order valence-electron chi connectivity index (χ1n) is 7.16. The fraction of sp³-hybridized carbons (Fsp3) is 0.235. The molecule has 7 heteroatoms. The fourth-order valence-electron chi connectivity index (χ4n) is 1.92. The number of ether oxygens (including phenoxy) is 2. The molecule has 0 bridgehead atoms. The van der Waals surface area contributed by atoms with Crippen molar-refractivity contribution in [3.63, 3.8) is 0 Å². The number of carbonyl (C=O) groups excluding carboxylic acids is 3. The molecule has 2 rings (SSSR count). The van der Waals surface area contributed by atoms with Crippen molar-refractivity contribution in [2.75, 3.05) is 12.4 Å². The van der Waals surface area contributed by atoms with Gasteiger partial charge in [0.15, 0.2) is 11.9 Å². The summed E-state index contributed by atoms with van der Waals surface area (Å²) < 4.78 is 14.5. The maximum atomic E-state index is 12.1. The van der Waals surface area contributed by atoms with Crippen LogP contribution in [0.1, 0.15) is 33.4 Å². The van der Waals surface area contributed by atoms with Crippen LogP contribution < -0.4 is 5.32 Å². The molecular weight excluding hydrogens is 314 g/mol. The largest absolute Gasteiger partial charge is 0.466 e. The summed E-state index contributed by atoms with van der Waals surface area (Å²) in [5.41, 5.74) is 1.40. The van der Waals surface area contributed by atoms with E-state index in [0.717, 1.165) is 5.56 Å². The maximum absolute atomic E-state index is 12.1. The minimum atomic E-state index is -1.02. The Balaban J connectivity index is 2.14. The summed E-state index contributed by atoms with van der Waals surface area (Å²) in [5.74, 6) is -1.62. The number of amides is 1. The Morgan fingerprint density at radius 1 is 1.21 bits per heavy atom. The first-order chi connectivity index (χ1) is 11.4. The molecule has 0 aliphatic carbocycles. The molecule has 0 saturated carbocycles. The van der Waals surface area contributed by atoms with Crippen LogP contribution in [0.5, 0.6) is 0 Å². The molecule has 1 heterocycles. The Morgan fingerprint density at radius 3 is 2.58 bits per heavy atom. The summed E-state index contributed by atoms with van der Waals surface area (Å²) in [4.78, 5) is 35.4. The molecule has 1 atom stereocenters. The monoisotopic (exact) mass is 331 g/mol. The van der Waals surface area contributed by atoms with Crippen LogP contribution in [0.4, 0.5) is 5.69 Å². The molecule has 2 aromatic rings. The summed E-state index contributed by atoms with van der Waals surface area (Å²) in [7, 11) is 1.21. The third-order valence-electron chi connectivity index (χ3n) is 3.28. The first-order valence-corrected chi connectivity index (χ1v) is 7.16. The summed E-state index contributed by atoms with van der Waals surface area (Å²) in [6, 6.07) is 7.81. The second-order valence-electron chi connectivity index (χ2n) is 5.03. The Kier molecular flexibility index (Phi) is 5.36. The lowest BCUT2D eigenvalue weighted by atomic mass is 10.1. The molecule has 0 aliphatic heterocycles. The lowest BCUT2D eigenvalue weighted by Crippen LogP contribution is -2.25. The minimum Gasteiger partial charge on any atom is -0.466 e. The number of rotatable bonds is 5. The van der Waals surface area contributed by atoms with Gasteiger partial charge in [0.05, 0.1) is 18.9 Å². The van der Waals surface area contributed by atoms with Gasteiger partial charge in [-0.2, -0.15) is 0 Å². The number of hydrogen-bond donors (Lipinski definition) is 1. The smallest absolute Gasteiger partial charge is 0.346 e. The highest BCUT2D eigenvalue weighted by molar-refractivity contribution is 6.03. The molecular formula is C17H17NO6. The average molecular weight is 331 g/mol. The van der Waals surface area contributed by atoms with Crippen molar-refractivity contribution in [3.8, 4) is 0 Å². The van der Waals surface area contributed by atoms with Crippen molar-refractivity contribution in [1.82, 2.24) is 0 Å². The SMILES string of the molecule is COC(=O)[C@@H](C)OC(=O)c1ccc(C)c(NC(=O)c2ccco2)c1. The van der Waals surface area contributed by atoms with Crippen LogP contribution in [0.3, 0.4) is 0 Å². The van der Waals surface area contributed by atoms with Crippen molar-refractivity contribution < 1.29 is 28.3 Å². The molecule has 0 fully saturated rings. The van der Waals surface area contributed by atoms with Gasteiger partial charge in [-0.3, -0.25) is 4.79 Å². The highest BCUT2D eigenvalue weighted by atomic mass is 16.6. The number of furan rings is 1. The van der Waals surface area contributed by atoms with Crippen LogP contribution >= 0.6 is 0 Å². The normalized spacial score (nSPS) is 11.5. The molecule has 1 N–H and O–H groups in total. The quantitative estimate of drug-likeness (QED) is 0.846. The van der Waals surface area contributed by atoms with Crippen LogP contribution in [0.15, 0.2) is 41.0 Å². The zero-order valence-corrected chi connectivity index (χ0v) is 13.5. The van der Waals surface area contributed by atoms with Gasteiger partial charge >= 0.3 is 11.9 Å². The van der Waals surface area contributed by atoms with Crippen LogP contribution in [0.25, 0.3) is 0 Å². The second-order valence-corrected chi connectivity index (χ2v) is 5.03. The molecule has 7 nitrogen and oxygen atoms in total. The standard InChI is InChI=1S/C17H17NO6/c1-10-6-7-12(17(21)24-11(2)16(20)22-3)9-13(10)18-15(19)14-5-4-8-23-14/h4-9,11H,1-3H3,(H,18,19)/t11-/m1/s1. The number of hydrogen-bond acceptors (Lipinski definition) is 6. The predicted octanol–water partition coefficient (Wildman–Crippen LogP) is 2.56. The van der Waals surface area contributed by atoms with Gasteiger partial charge in [0, 0.05) is 5.69 Å². The van der Waals surface area contributed by atoms with E-state index < -0.39 is 23.9 Å². The Hall–Kier alpha value is -3.09. The molecule has 1 aromatic carbocycles. The highest BCUT2D eigenvalue weighted by Gasteiger charge is 2.20. The Morgan fingerprint density at radius 2 is 1.96 bits per heavy atom. The molecule has 1 amide bonds. The van der Waals surface area contributed by atoms with Gasteiger partial charge in [0.1, 0.15) is 0 Å². The molecule has 1 aromatic heterocycles. The fourth-order valence-corrected chi connectivity index (χ4v) is 1.92. The third kappa shape index (κ3) is 4.01. The van der Waals surface area contributed by atoms with E-state index >= 15 is 0 Å². The zero-order valence-electron chi connectivity index (χ0n) is 13.5. The van der Waals surface area contributed by atoms with Gasteiger partial charge in [0.25, 0.3) is 5.91 Å². The number of benzene rings is 1. The average Bonchev–Trinajstić information content (AvgIpc) is 3.10. The van der Waals surface area contributed by atoms with Crippen molar-refractivity contribution in [2.24, 2.45) is 0 Å². The van der Waals surface area contributed by atoms with Gasteiger partial charge in [-0.25, -0.2) is 9.59 Å².